The maximum atomic E-state index is 4.98. The number of hydrogen-bond acceptors (Lipinski definition) is 2. The molecule has 0 aromatic heterocycles. The van der Waals surface area contributed by atoms with Crippen LogP contribution in [-0.4, -0.2) is 6.10 Å². The van der Waals surface area contributed by atoms with Crippen LogP contribution in [0.5, 0.6) is 0 Å². The monoisotopic (exact) mass is 148 g/mol. The number of rotatable bonds is 0. The lowest BCUT2D eigenvalue weighted by Gasteiger charge is -2.28. The fraction of sp³-hybridized carbons (Fsp3) is 0.333. The van der Waals surface area contributed by atoms with E-state index in [4.69, 9.17) is 9.78 Å². The standard InChI is InChI=1S/C9H8O2/c1-2-4-7-6(3-1)5-8-9(7)11-10-8/h1-4,8-9H,5H2. The summed E-state index contributed by atoms with van der Waals surface area (Å²) in [6.45, 7) is 0. The van der Waals surface area contributed by atoms with Crippen molar-refractivity contribution in [1.29, 1.82) is 0 Å². The molecular weight excluding hydrogens is 140 g/mol. The van der Waals surface area contributed by atoms with Crippen LogP contribution < -0.4 is 0 Å². The van der Waals surface area contributed by atoms with E-state index < -0.39 is 0 Å². The third-order valence-corrected chi connectivity index (χ3v) is 2.40. The Morgan fingerprint density at radius 3 is 2.91 bits per heavy atom. The fourth-order valence-corrected chi connectivity index (χ4v) is 1.80. The second kappa shape index (κ2) is 1.84. The molecule has 0 amide bonds. The molecule has 1 aliphatic heterocycles. The Bertz CT molecular complexity index is 295. The average molecular weight is 148 g/mol. The molecule has 11 heavy (non-hydrogen) atoms. The topological polar surface area (TPSA) is 18.5 Å². The molecule has 2 aliphatic rings. The zero-order chi connectivity index (χ0) is 7.26. The molecule has 2 unspecified atom stereocenters. The van der Waals surface area contributed by atoms with Crippen LogP contribution in [0.3, 0.4) is 0 Å². The van der Waals surface area contributed by atoms with Crippen molar-refractivity contribution < 1.29 is 9.78 Å². The van der Waals surface area contributed by atoms with E-state index in [1.54, 1.807) is 0 Å². The third kappa shape index (κ3) is 0.633. The quantitative estimate of drug-likeness (QED) is 0.520. The summed E-state index contributed by atoms with van der Waals surface area (Å²) >= 11 is 0. The molecule has 3 rings (SSSR count). The van der Waals surface area contributed by atoms with Crippen LogP contribution in [0, 0.1) is 0 Å². The summed E-state index contributed by atoms with van der Waals surface area (Å²) < 4.78 is 0. The van der Waals surface area contributed by atoms with Crippen LogP contribution in [-0.2, 0) is 16.2 Å². The molecule has 1 fully saturated rings. The van der Waals surface area contributed by atoms with Gasteiger partial charge in [-0.05, 0) is 11.1 Å². The van der Waals surface area contributed by atoms with E-state index in [1.165, 1.54) is 11.1 Å². The molecule has 1 aliphatic carbocycles. The van der Waals surface area contributed by atoms with E-state index in [9.17, 15) is 0 Å². The lowest BCUT2D eigenvalue weighted by atomic mass is 10.1. The Balaban J connectivity index is 2.14. The minimum atomic E-state index is 0.228. The molecule has 56 valence electrons. The predicted molar refractivity (Wildman–Crippen MR) is 38.8 cm³/mol. The Hall–Kier alpha value is -0.860. The highest BCUT2D eigenvalue weighted by Gasteiger charge is 2.42. The molecule has 1 saturated heterocycles. The van der Waals surface area contributed by atoms with Gasteiger partial charge >= 0.3 is 0 Å². The first-order chi connectivity index (χ1) is 5.45. The van der Waals surface area contributed by atoms with Gasteiger partial charge in [-0.15, -0.1) is 0 Å². The summed E-state index contributed by atoms with van der Waals surface area (Å²) in [5, 5.41) is 0. The van der Waals surface area contributed by atoms with E-state index in [-0.39, 0.29) is 6.10 Å². The van der Waals surface area contributed by atoms with Crippen molar-refractivity contribution in [2.45, 2.75) is 18.6 Å². The summed E-state index contributed by atoms with van der Waals surface area (Å²) in [6.07, 6.45) is 1.54. The van der Waals surface area contributed by atoms with E-state index >= 15 is 0 Å². The summed E-state index contributed by atoms with van der Waals surface area (Å²) in [7, 11) is 0. The fourth-order valence-electron chi connectivity index (χ4n) is 1.80. The molecule has 0 radical (unpaired) electrons. The second-order valence-electron chi connectivity index (χ2n) is 3.05. The SMILES string of the molecule is c1ccc2c(c1)CC1OOC21. The minimum absolute atomic E-state index is 0.228. The van der Waals surface area contributed by atoms with Crippen molar-refractivity contribution in [3.05, 3.63) is 35.4 Å². The van der Waals surface area contributed by atoms with Crippen LogP contribution >= 0.6 is 0 Å². The van der Waals surface area contributed by atoms with E-state index in [2.05, 4.69) is 18.2 Å². The summed E-state index contributed by atoms with van der Waals surface area (Å²) in [4.78, 5) is 9.92. The molecule has 2 heteroatoms. The van der Waals surface area contributed by atoms with Crippen LogP contribution in [0.15, 0.2) is 24.3 Å². The lowest BCUT2D eigenvalue weighted by molar-refractivity contribution is -0.464. The lowest BCUT2D eigenvalue weighted by Crippen LogP contribution is -2.31. The van der Waals surface area contributed by atoms with Crippen molar-refractivity contribution in [3.63, 3.8) is 0 Å². The van der Waals surface area contributed by atoms with Crippen molar-refractivity contribution >= 4 is 0 Å². The molecule has 0 saturated carbocycles. The van der Waals surface area contributed by atoms with Crippen LogP contribution in [0.2, 0.25) is 0 Å². The Morgan fingerprint density at radius 1 is 1.18 bits per heavy atom. The molecule has 1 aromatic carbocycles. The van der Waals surface area contributed by atoms with Crippen molar-refractivity contribution in [2.24, 2.45) is 0 Å². The molecule has 1 heterocycles. The van der Waals surface area contributed by atoms with E-state index in [0.717, 1.165) is 6.42 Å². The first kappa shape index (κ1) is 5.75. The second-order valence-corrected chi connectivity index (χ2v) is 3.05. The first-order valence-electron chi connectivity index (χ1n) is 3.85. The van der Waals surface area contributed by atoms with Gasteiger partial charge in [-0.2, -0.15) is 0 Å². The minimum Gasteiger partial charge on any atom is -0.229 e. The first-order valence-corrected chi connectivity index (χ1v) is 3.85. The average Bonchev–Trinajstić information content (AvgIpc) is 2.23. The predicted octanol–water partition coefficient (Wildman–Crippen LogP) is 1.61. The maximum absolute atomic E-state index is 4.98. The van der Waals surface area contributed by atoms with Gasteiger partial charge in [0.15, 0.2) is 0 Å². The molecule has 0 spiro atoms. The zero-order valence-electron chi connectivity index (χ0n) is 5.99. The van der Waals surface area contributed by atoms with Gasteiger partial charge in [-0.25, -0.2) is 9.78 Å². The van der Waals surface area contributed by atoms with E-state index in [1.807, 2.05) is 6.07 Å². The molecule has 0 bridgehead atoms. The van der Waals surface area contributed by atoms with Gasteiger partial charge in [0.05, 0.1) is 0 Å². The van der Waals surface area contributed by atoms with Crippen molar-refractivity contribution in [1.82, 2.24) is 0 Å². The van der Waals surface area contributed by atoms with Crippen molar-refractivity contribution in [3.8, 4) is 0 Å². The smallest absolute Gasteiger partial charge is 0.148 e. The highest BCUT2D eigenvalue weighted by Crippen LogP contribution is 2.42. The Kier molecular flexibility index (Phi) is 0.962. The number of benzene rings is 1. The normalized spacial score (nSPS) is 32.4. The molecular formula is C9H8O2. The largest absolute Gasteiger partial charge is 0.229 e. The Morgan fingerprint density at radius 2 is 2.09 bits per heavy atom. The maximum Gasteiger partial charge on any atom is 0.148 e. The van der Waals surface area contributed by atoms with Gasteiger partial charge in [0, 0.05) is 6.42 Å². The summed E-state index contributed by atoms with van der Waals surface area (Å²) in [6, 6.07) is 8.36. The van der Waals surface area contributed by atoms with Gasteiger partial charge in [-0.1, -0.05) is 24.3 Å². The van der Waals surface area contributed by atoms with E-state index in [0.29, 0.717) is 6.10 Å². The van der Waals surface area contributed by atoms with Crippen molar-refractivity contribution in [2.75, 3.05) is 0 Å². The summed E-state index contributed by atoms with van der Waals surface area (Å²) in [5.41, 5.74) is 2.68. The Labute approximate surface area is 64.7 Å². The summed E-state index contributed by atoms with van der Waals surface area (Å²) in [5.74, 6) is 0. The third-order valence-electron chi connectivity index (χ3n) is 2.40. The zero-order valence-corrected chi connectivity index (χ0v) is 5.99. The van der Waals surface area contributed by atoms with Crippen LogP contribution in [0.4, 0.5) is 0 Å². The van der Waals surface area contributed by atoms with Crippen LogP contribution in [0.25, 0.3) is 0 Å². The van der Waals surface area contributed by atoms with Gasteiger partial charge < -0.3 is 0 Å². The highest BCUT2D eigenvalue weighted by molar-refractivity contribution is 5.36. The number of fused-ring (bicyclic) bond motifs is 3. The van der Waals surface area contributed by atoms with Gasteiger partial charge in [-0.3, -0.25) is 0 Å². The highest BCUT2D eigenvalue weighted by atomic mass is 17.2. The molecule has 2 nitrogen and oxygen atoms in total. The molecule has 1 aromatic rings. The van der Waals surface area contributed by atoms with Crippen LogP contribution in [0.1, 0.15) is 17.2 Å². The van der Waals surface area contributed by atoms with Gasteiger partial charge in [0.1, 0.15) is 12.2 Å². The molecule has 0 N–H and O–H groups in total. The number of hydrogen-bond donors (Lipinski definition) is 0. The molecule has 2 atom stereocenters. The van der Waals surface area contributed by atoms with Gasteiger partial charge in [0.2, 0.25) is 0 Å². The van der Waals surface area contributed by atoms with Gasteiger partial charge in [0.25, 0.3) is 0 Å².